The summed E-state index contributed by atoms with van der Waals surface area (Å²) >= 11 is 6.91. The van der Waals surface area contributed by atoms with Crippen molar-refractivity contribution in [2.45, 2.75) is 6.18 Å². The summed E-state index contributed by atoms with van der Waals surface area (Å²) in [5.74, 6) is 1.22. The molecule has 11 heteroatoms. The largest absolute Gasteiger partial charge is 0.497 e. The summed E-state index contributed by atoms with van der Waals surface area (Å²) < 4.78 is 59.4. The smallest absolute Gasteiger partial charge is 0.433 e. The Labute approximate surface area is 232 Å². The van der Waals surface area contributed by atoms with Crippen molar-refractivity contribution in [2.75, 3.05) is 21.3 Å². The van der Waals surface area contributed by atoms with Gasteiger partial charge in [-0.1, -0.05) is 48.0 Å². The Bertz CT molecular complexity index is 1690. The number of halogens is 4. The van der Waals surface area contributed by atoms with Gasteiger partial charge in [0.15, 0.2) is 5.69 Å². The van der Waals surface area contributed by atoms with E-state index in [1.807, 2.05) is 0 Å². The van der Waals surface area contributed by atoms with E-state index >= 15 is 0 Å². The summed E-state index contributed by atoms with van der Waals surface area (Å²) in [6.07, 6.45) is -4.76. The van der Waals surface area contributed by atoms with Gasteiger partial charge in [-0.15, -0.1) is 0 Å². The Hall–Kier alpha value is -4.57. The van der Waals surface area contributed by atoms with E-state index in [-0.39, 0.29) is 22.4 Å². The van der Waals surface area contributed by atoms with E-state index in [2.05, 4.69) is 15.1 Å². The fourth-order valence-corrected chi connectivity index (χ4v) is 4.46. The third-order valence-corrected chi connectivity index (χ3v) is 6.43. The number of methoxy groups -OCH3 is 3. The third-order valence-electron chi connectivity index (χ3n) is 6.07. The van der Waals surface area contributed by atoms with Gasteiger partial charge in [0, 0.05) is 16.7 Å². The van der Waals surface area contributed by atoms with Crippen molar-refractivity contribution in [3.8, 4) is 57.0 Å². The lowest BCUT2D eigenvalue weighted by Gasteiger charge is -2.13. The zero-order chi connectivity index (χ0) is 28.4. The standard InChI is InChI=1S/C29H22ClF3N4O3/c1-38-20-10-4-7-17(13-20)23-16-24(29(31,32)33)35-28(34-23)37-27(19-9-6-12-22(15-19)40-3)25(30)26(36-37)18-8-5-11-21(14-18)39-2/h4-16H,1-3H3. The molecular formula is C29H22ClF3N4O3. The molecule has 2 heterocycles. The van der Waals surface area contributed by atoms with Gasteiger partial charge < -0.3 is 14.2 Å². The van der Waals surface area contributed by atoms with Crippen LogP contribution < -0.4 is 14.2 Å². The molecule has 0 spiro atoms. The average Bonchev–Trinajstić information content (AvgIpc) is 3.33. The van der Waals surface area contributed by atoms with Gasteiger partial charge >= 0.3 is 6.18 Å². The van der Waals surface area contributed by atoms with Crippen LogP contribution in [0.1, 0.15) is 5.69 Å². The van der Waals surface area contributed by atoms with Crippen LogP contribution in [-0.4, -0.2) is 41.1 Å². The number of ether oxygens (including phenoxy) is 3. The topological polar surface area (TPSA) is 71.3 Å². The van der Waals surface area contributed by atoms with Gasteiger partial charge in [-0.05, 0) is 42.5 Å². The lowest BCUT2D eigenvalue weighted by molar-refractivity contribution is -0.141. The van der Waals surface area contributed by atoms with E-state index in [0.29, 0.717) is 39.6 Å². The van der Waals surface area contributed by atoms with E-state index in [1.54, 1.807) is 72.8 Å². The molecule has 3 aromatic carbocycles. The van der Waals surface area contributed by atoms with E-state index in [0.717, 1.165) is 6.07 Å². The zero-order valence-corrected chi connectivity index (χ0v) is 22.3. The molecule has 0 aliphatic heterocycles. The molecule has 0 radical (unpaired) electrons. The summed E-state index contributed by atoms with van der Waals surface area (Å²) in [5.41, 5.74) is 1.02. The van der Waals surface area contributed by atoms with Gasteiger partial charge in [-0.3, -0.25) is 0 Å². The normalized spacial score (nSPS) is 11.4. The van der Waals surface area contributed by atoms with Crippen LogP contribution in [0.5, 0.6) is 17.2 Å². The second-order valence-electron chi connectivity index (χ2n) is 8.56. The number of hydrogen-bond donors (Lipinski definition) is 0. The minimum Gasteiger partial charge on any atom is -0.497 e. The van der Waals surface area contributed by atoms with Gasteiger partial charge in [0.1, 0.15) is 22.9 Å². The Balaban J connectivity index is 1.80. The van der Waals surface area contributed by atoms with Gasteiger partial charge in [-0.2, -0.15) is 23.0 Å². The molecular weight excluding hydrogens is 545 g/mol. The SMILES string of the molecule is COc1cccc(-c2cc(C(F)(F)F)nc(-n3nc(-c4cccc(OC)c4)c(Cl)c3-c3cccc(OC)c3)n2)c1. The molecule has 0 fully saturated rings. The highest BCUT2D eigenvalue weighted by molar-refractivity contribution is 6.35. The van der Waals surface area contributed by atoms with E-state index in [4.69, 9.17) is 25.8 Å². The highest BCUT2D eigenvalue weighted by Crippen LogP contribution is 2.40. The predicted molar refractivity (Wildman–Crippen MR) is 145 cm³/mol. The minimum absolute atomic E-state index is 0.0300. The lowest BCUT2D eigenvalue weighted by atomic mass is 10.1. The van der Waals surface area contributed by atoms with E-state index in [1.165, 1.54) is 26.0 Å². The third kappa shape index (κ3) is 5.30. The molecule has 0 amide bonds. The first-order valence-corrected chi connectivity index (χ1v) is 12.3. The van der Waals surface area contributed by atoms with Crippen LogP contribution in [-0.2, 0) is 6.18 Å². The van der Waals surface area contributed by atoms with Crippen LogP contribution in [0.25, 0.3) is 39.7 Å². The second kappa shape index (κ2) is 10.9. The zero-order valence-electron chi connectivity index (χ0n) is 21.5. The summed E-state index contributed by atoms with van der Waals surface area (Å²) in [7, 11) is 4.51. The summed E-state index contributed by atoms with van der Waals surface area (Å²) in [5, 5.41) is 4.81. The van der Waals surface area contributed by atoms with Gasteiger partial charge in [0.25, 0.3) is 5.95 Å². The van der Waals surface area contributed by atoms with Gasteiger partial charge in [0.05, 0.1) is 37.7 Å². The van der Waals surface area contributed by atoms with Crippen LogP contribution >= 0.6 is 11.6 Å². The summed E-state index contributed by atoms with van der Waals surface area (Å²) in [4.78, 5) is 8.36. The van der Waals surface area contributed by atoms with Gasteiger partial charge in [0.2, 0.25) is 0 Å². The maximum atomic E-state index is 14.1. The van der Waals surface area contributed by atoms with E-state index < -0.39 is 11.9 Å². The number of rotatable bonds is 7. The highest BCUT2D eigenvalue weighted by Gasteiger charge is 2.35. The molecule has 0 unspecified atom stereocenters. The number of aromatic nitrogens is 4. The molecule has 5 rings (SSSR count). The number of hydrogen-bond acceptors (Lipinski definition) is 6. The van der Waals surface area contributed by atoms with Crippen molar-refractivity contribution >= 4 is 11.6 Å². The minimum atomic E-state index is -4.76. The first kappa shape index (κ1) is 27.0. The van der Waals surface area contributed by atoms with Crippen LogP contribution in [0.15, 0.2) is 78.9 Å². The van der Waals surface area contributed by atoms with E-state index in [9.17, 15) is 13.2 Å². The average molecular weight is 567 g/mol. The van der Waals surface area contributed by atoms with Crippen molar-refractivity contribution in [1.29, 1.82) is 0 Å². The van der Waals surface area contributed by atoms with Crippen LogP contribution in [0, 0.1) is 0 Å². The number of benzene rings is 3. The van der Waals surface area contributed by atoms with Crippen molar-refractivity contribution < 1.29 is 27.4 Å². The van der Waals surface area contributed by atoms with Crippen LogP contribution in [0.2, 0.25) is 5.02 Å². The van der Waals surface area contributed by atoms with Crippen molar-refractivity contribution in [3.05, 3.63) is 89.6 Å². The lowest BCUT2D eigenvalue weighted by Crippen LogP contribution is -2.14. The molecule has 0 saturated carbocycles. The first-order valence-electron chi connectivity index (χ1n) is 11.9. The second-order valence-corrected chi connectivity index (χ2v) is 8.93. The Morgan fingerprint density at radius 1 is 0.700 bits per heavy atom. The molecule has 204 valence electrons. The maximum absolute atomic E-state index is 14.1. The Morgan fingerprint density at radius 2 is 1.23 bits per heavy atom. The highest BCUT2D eigenvalue weighted by atomic mass is 35.5. The van der Waals surface area contributed by atoms with Crippen LogP contribution in [0.3, 0.4) is 0 Å². The number of nitrogens with zero attached hydrogens (tertiary/aromatic N) is 4. The maximum Gasteiger partial charge on any atom is 0.433 e. The summed E-state index contributed by atoms with van der Waals surface area (Å²) in [6, 6.07) is 21.4. The predicted octanol–water partition coefficient (Wildman–Crippen LogP) is 7.36. The molecule has 2 aromatic heterocycles. The molecule has 7 nitrogen and oxygen atoms in total. The molecule has 5 aromatic rings. The van der Waals surface area contributed by atoms with Crippen molar-refractivity contribution in [3.63, 3.8) is 0 Å². The van der Waals surface area contributed by atoms with Crippen molar-refractivity contribution in [2.24, 2.45) is 0 Å². The number of alkyl halides is 3. The van der Waals surface area contributed by atoms with Crippen LogP contribution in [0.4, 0.5) is 13.2 Å². The molecule has 40 heavy (non-hydrogen) atoms. The molecule has 0 aliphatic rings. The molecule has 0 atom stereocenters. The molecule has 0 aliphatic carbocycles. The summed E-state index contributed by atoms with van der Waals surface area (Å²) in [6.45, 7) is 0. The molecule has 0 N–H and O–H groups in total. The fourth-order valence-electron chi connectivity index (χ4n) is 4.12. The molecule has 0 bridgehead atoms. The quantitative estimate of drug-likeness (QED) is 0.205. The van der Waals surface area contributed by atoms with Gasteiger partial charge in [-0.25, -0.2) is 9.97 Å². The molecule has 0 saturated heterocycles. The Morgan fingerprint density at radius 3 is 1.80 bits per heavy atom. The first-order chi connectivity index (χ1) is 19.2. The fraction of sp³-hybridized carbons (Fsp3) is 0.138. The monoisotopic (exact) mass is 566 g/mol. The van der Waals surface area contributed by atoms with Crippen molar-refractivity contribution in [1.82, 2.24) is 19.7 Å². The Kier molecular flexibility index (Phi) is 7.36.